The molecule has 0 saturated heterocycles. The normalized spacial score (nSPS) is 10.7. The average Bonchev–Trinajstić information content (AvgIpc) is 2.47. The molecule has 0 unspecified atom stereocenters. The maximum Gasteiger partial charge on any atom is 0.339 e. The van der Waals surface area contributed by atoms with Gasteiger partial charge < -0.3 is 9.84 Å². The van der Waals surface area contributed by atoms with Crippen LogP contribution in [0.15, 0.2) is 24.5 Å². The molecular formula is C13H11F2N3O3. The van der Waals surface area contributed by atoms with Gasteiger partial charge in [-0.2, -0.15) is 0 Å². The highest BCUT2D eigenvalue weighted by Crippen LogP contribution is 2.21. The Kier molecular flexibility index (Phi) is 4.36. The van der Waals surface area contributed by atoms with Gasteiger partial charge in [-0.15, -0.1) is 0 Å². The van der Waals surface area contributed by atoms with E-state index in [1.807, 2.05) is 0 Å². The van der Waals surface area contributed by atoms with E-state index < -0.39 is 23.7 Å². The van der Waals surface area contributed by atoms with Crippen LogP contribution < -0.4 is 4.74 Å². The third-order valence-electron chi connectivity index (χ3n) is 2.67. The van der Waals surface area contributed by atoms with Crippen LogP contribution in [0.25, 0.3) is 0 Å². The molecule has 0 aliphatic heterocycles. The van der Waals surface area contributed by atoms with Crippen LogP contribution in [0.2, 0.25) is 0 Å². The van der Waals surface area contributed by atoms with Gasteiger partial charge in [0.2, 0.25) is 5.88 Å². The number of carboxylic acids is 1. The van der Waals surface area contributed by atoms with Gasteiger partial charge in [-0.1, -0.05) is 6.07 Å². The molecule has 1 N–H and O–H groups in total. The van der Waals surface area contributed by atoms with Crippen molar-refractivity contribution < 1.29 is 23.4 Å². The van der Waals surface area contributed by atoms with Crippen LogP contribution in [0.1, 0.15) is 33.9 Å². The van der Waals surface area contributed by atoms with Crippen LogP contribution in [-0.2, 0) is 6.42 Å². The second-order valence-corrected chi connectivity index (χ2v) is 4.08. The standard InChI is InChI=1S/C13H11F2N3O3/c1-21-10-3-2-7(5-17-10)4-9-16-6-8(13(19)20)11(18-9)12(14)15/h2-3,5-6,12H,4H2,1H3,(H,19,20). The molecule has 6 nitrogen and oxygen atoms in total. The van der Waals surface area contributed by atoms with Crippen molar-refractivity contribution in [2.24, 2.45) is 0 Å². The highest BCUT2D eigenvalue weighted by atomic mass is 19.3. The summed E-state index contributed by atoms with van der Waals surface area (Å²) in [4.78, 5) is 22.2. The summed E-state index contributed by atoms with van der Waals surface area (Å²) >= 11 is 0. The third-order valence-corrected chi connectivity index (χ3v) is 2.67. The van der Waals surface area contributed by atoms with Crippen molar-refractivity contribution in [3.63, 3.8) is 0 Å². The number of methoxy groups -OCH3 is 1. The van der Waals surface area contributed by atoms with E-state index in [9.17, 15) is 13.6 Å². The second kappa shape index (κ2) is 6.21. The molecule has 0 amide bonds. The van der Waals surface area contributed by atoms with Gasteiger partial charge in [0.05, 0.1) is 7.11 Å². The number of hydrogen-bond donors (Lipinski definition) is 1. The predicted molar refractivity (Wildman–Crippen MR) is 67.5 cm³/mol. The molecule has 8 heteroatoms. The van der Waals surface area contributed by atoms with E-state index >= 15 is 0 Å². The van der Waals surface area contributed by atoms with E-state index in [1.165, 1.54) is 13.3 Å². The fourth-order valence-corrected chi connectivity index (χ4v) is 1.67. The van der Waals surface area contributed by atoms with Gasteiger partial charge in [0, 0.05) is 24.9 Å². The molecule has 0 bridgehead atoms. The van der Waals surface area contributed by atoms with Gasteiger partial charge in [-0.3, -0.25) is 0 Å². The van der Waals surface area contributed by atoms with Gasteiger partial charge >= 0.3 is 5.97 Å². The van der Waals surface area contributed by atoms with Crippen molar-refractivity contribution in [2.45, 2.75) is 12.8 Å². The SMILES string of the molecule is COc1ccc(Cc2ncc(C(=O)O)c(C(F)F)n2)cn1. The fourth-order valence-electron chi connectivity index (χ4n) is 1.67. The van der Waals surface area contributed by atoms with Crippen LogP contribution in [-0.4, -0.2) is 33.1 Å². The first-order valence-corrected chi connectivity index (χ1v) is 5.87. The quantitative estimate of drug-likeness (QED) is 0.909. The van der Waals surface area contributed by atoms with Crippen LogP contribution in [0.3, 0.4) is 0 Å². The van der Waals surface area contributed by atoms with Crippen molar-refractivity contribution in [1.82, 2.24) is 15.0 Å². The number of alkyl halides is 2. The maximum absolute atomic E-state index is 12.8. The smallest absolute Gasteiger partial charge is 0.339 e. The second-order valence-electron chi connectivity index (χ2n) is 4.08. The lowest BCUT2D eigenvalue weighted by molar-refractivity contribution is 0.0681. The van der Waals surface area contributed by atoms with E-state index in [0.717, 1.165) is 6.20 Å². The minimum atomic E-state index is -2.98. The van der Waals surface area contributed by atoms with Crippen LogP contribution in [0.5, 0.6) is 5.88 Å². The Balaban J connectivity index is 2.27. The summed E-state index contributed by atoms with van der Waals surface area (Å²) in [5.41, 5.74) is -0.685. The molecule has 2 heterocycles. The Bertz CT molecular complexity index is 648. The zero-order valence-corrected chi connectivity index (χ0v) is 11.0. The number of nitrogens with zero attached hydrogens (tertiary/aromatic N) is 3. The monoisotopic (exact) mass is 295 g/mol. The Labute approximate surface area is 118 Å². The third kappa shape index (κ3) is 3.47. The summed E-state index contributed by atoms with van der Waals surface area (Å²) in [6.45, 7) is 0. The molecule has 0 radical (unpaired) electrons. The Morgan fingerprint density at radius 1 is 1.33 bits per heavy atom. The zero-order chi connectivity index (χ0) is 15.4. The Morgan fingerprint density at radius 3 is 2.62 bits per heavy atom. The summed E-state index contributed by atoms with van der Waals surface area (Å²) in [5.74, 6) is -0.959. The van der Waals surface area contributed by atoms with Gasteiger partial charge in [-0.25, -0.2) is 28.5 Å². The zero-order valence-electron chi connectivity index (χ0n) is 11.0. The van der Waals surface area contributed by atoms with Gasteiger partial charge in [0.25, 0.3) is 6.43 Å². The number of rotatable bonds is 5. The molecule has 21 heavy (non-hydrogen) atoms. The number of aromatic nitrogens is 3. The lowest BCUT2D eigenvalue weighted by atomic mass is 10.2. The largest absolute Gasteiger partial charge is 0.481 e. The topological polar surface area (TPSA) is 85.2 Å². The lowest BCUT2D eigenvalue weighted by Crippen LogP contribution is -2.10. The molecule has 0 atom stereocenters. The number of carbonyl (C=O) groups is 1. The highest BCUT2D eigenvalue weighted by molar-refractivity contribution is 5.88. The number of carboxylic acid groups (broad SMARTS) is 1. The van der Waals surface area contributed by atoms with Gasteiger partial charge in [0.1, 0.15) is 17.1 Å². The molecule has 0 saturated carbocycles. The van der Waals surface area contributed by atoms with E-state index in [2.05, 4.69) is 15.0 Å². The number of aromatic carboxylic acids is 1. The minimum absolute atomic E-state index is 0.0993. The fraction of sp³-hybridized carbons (Fsp3) is 0.231. The molecule has 0 aliphatic carbocycles. The first kappa shape index (κ1) is 14.8. The summed E-state index contributed by atoms with van der Waals surface area (Å²) in [6, 6.07) is 3.32. The molecule has 0 aromatic carbocycles. The maximum atomic E-state index is 12.8. The minimum Gasteiger partial charge on any atom is -0.481 e. The molecule has 2 aromatic rings. The van der Waals surface area contributed by atoms with E-state index in [-0.39, 0.29) is 12.2 Å². The molecule has 0 spiro atoms. The van der Waals surface area contributed by atoms with Crippen molar-refractivity contribution in [3.05, 3.63) is 47.2 Å². The van der Waals surface area contributed by atoms with E-state index in [1.54, 1.807) is 12.1 Å². The van der Waals surface area contributed by atoms with Crippen molar-refractivity contribution in [2.75, 3.05) is 7.11 Å². The van der Waals surface area contributed by atoms with Gasteiger partial charge in [-0.05, 0) is 5.56 Å². The Hall–Kier alpha value is -2.64. The van der Waals surface area contributed by atoms with Crippen molar-refractivity contribution in [1.29, 1.82) is 0 Å². The summed E-state index contributed by atoms with van der Waals surface area (Å²) in [7, 11) is 1.48. The van der Waals surface area contributed by atoms with Crippen LogP contribution >= 0.6 is 0 Å². The number of pyridine rings is 1. The summed E-state index contributed by atoms with van der Waals surface area (Å²) in [6.07, 6.45) is -0.415. The van der Waals surface area contributed by atoms with Gasteiger partial charge in [0.15, 0.2) is 0 Å². The summed E-state index contributed by atoms with van der Waals surface area (Å²) in [5, 5.41) is 8.82. The van der Waals surface area contributed by atoms with E-state index in [0.29, 0.717) is 11.4 Å². The van der Waals surface area contributed by atoms with Crippen LogP contribution in [0, 0.1) is 0 Å². The number of hydrogen-bond acceptors (Lipinski definition) is 5. The first-order valence-electron chi connectivity index (χ1n) is 5.87. The predicted octanol–water partition coefficient (Wildman–Crippen LogP) is 2.11. The van der Waals surface area contributed by atoms with Crippen LogP contribution in [0.4, 0.5) is 8.78 Å². The molecule has 0 fully saturated rings. The van der Waals surface area contributed by atoms with Crippen molar-refractivity contribution >= 4 is 5.97 Å². The lowest BCUT2D eigenvalue weighted by Gasteiger charge is -2.07. The average molecular weight is 295 g/mol. The molecular weight excluding hydrogens is 284 g/mol. The first-order chi connectivity index (χ1) is 10.0. The number of ether oxygens (including phenoxy) is 1. The molecule has 2 aromatic heterocycles. The highest BCUT2D eigenvalue weighted by Gasteiger charge is 2.21. The summed E-state index contributed by atoms with van der Waals surface area (Å²) < 4.78 is 30.6. The molecule has 110 valence electrons. The molecule has 2 rings (SSSR count). The Morgan fingerprint density at radius 2 is 2.10 bits per heavy atom. The molecule has 0 aliphatic rings. The van der Waals surface area contributed by atoms with Crippen molar-refractivity contribution in [3.8, 4) is 5.88 Å². The van der Waals surface area contributed by atoms with E-state index in [4.69, 9.17) is 9.84 Å². The number of halogens is 2.